The lowest BCUT2D eigenvalue weighted by Crippen LogP contribution is -2.25. The highest BCUT2D eigenvalue weighted by atomic mass is 16.5. The molecule has 6 nitrogen and oxygen atoms in total. The summed E-state index contributed by atoms with van der Waals surface area (Å²) in [7, 11) is 0. The number of nitrogen functional groups attached to an aromatic ring is 2. The van der Waals surface area contributed by atoms with Gasteiger partial charge < -0.3 is 20.9 Å². The first-order valence-electron chi connectivity index (χ1n) is 13.9. The summed E-state index contributed by atoms with van der Waals surface area (Å²) in [4.78, 5) is 24.7. The maximum atomic E-state index is 12.7. The van der Waals surface area contributed by atoms with Gasteiger partial charge in [-0.25, -0.2) is 4.79 Å². The number of carbonyl (C=O) groups excluding carboxylic acids is 2. The highest BCUT2D eigenvalue weighted by molar-refractivity contribution is 5.87. The lowest BCUT2D eigenvalue weighted by Gasteiger charge is -2.27. The zero-order valence-electron chi connectivity index (χ0n) is 22.4. The Kier molecular flexibility index (Phi) is 12.0. The summed E-state index contributed by atoms with van der Waals surface area (Å²) in [5.74, 6) is 0.684. The van der Waals surface area contributed by atoms with Crippen molar-refractivity contribution in [2.24, 2.45) is 11.8 Å². The summed E-state index contributed by atoms with van der Waals surface area (Å²) >= 11 is 0. The largest absolute Gasteiger partial charge is 0.462 e. The fraction of sp³-hybridized carbons (Fsp3) is 0.438. The lowest BCUT2D eigenvalue weighted by molar-refractivity contribution is -0.140. The van der Waals surface area contributed by atoms with Crippen LogP contribution in [-0.4, -0.2) is 18.5 Å². The number of anilines is 2. The van der Waals surface area contributed by atoms with Gasteiger partial charge >= 0.3 is 11.9 Å². The molecule has 0 aliphatic heterocycles. The van der Waals surface area contributed by atoms with Gasteiger partial charge in [-0.1, -0.05) is 43.9 Å². The van der Waals surface area contributed by atoms with Crippen molar-refractivity contribution >= 4 is 29.4 Å². The predicted octanol–water partition coefficient (Wildman–Crippen LogP) is 6.89. The number of allylic oxidation sites excluding steroid dienone is 1. The topological polar surface area (TPSA) is 105 Å². The molecule has 2 aromatic rings. The van der Waals surface area contributed by atoms with Crippen LogP contribution in [0.5, 0.6) is 5.75 Å². The predicted molar refractivity (Wildman–Crippen MR) is 154 cm³/mol. The molecule has 4 N–H and O–H groups in total. The van der Waals surface area contributed by atoms with Crippen LogP contribution in [-0.2, 0) is 20.7 Å². The molecule has 2 aromatic carbocycles. The van der Waals surface area contributed by atoms with Gasteiger partial charge in [0.15, 0.2) is 0 Å². The Morgan fingerprint density at radius 2 is 1.61 bits per heavy atom. The van der Waals surface area contributed by atoms with Gasteiger partial charge in [0.1, 0.15) is 5.75 Å². The van der Waals surface area contributed by atoms with E-state index in [1.165, 1.54) is 38.2 Å². The third-order valence-electron chi connectivity index (χ3n) is 7.13. The van der Waals surface area contributed by atoms with Crippen molar-refractivity contribution < 1.29 is 19.1 Å². The summed E-state index contributed by atoms with van der Waals surface area (Å²) in [6, 6.07) is 12.5. The molecule has 204 valence electrons. The third kappa shape index (κ3) is 10.4. The molecular formula is C32H42N2O4. The minimum absolute atomic E-state index is 0.0167. The minimum atomic E-state index is -0.430. The maximum absolute atomic E-state index is 12.7. The maximum Gasteiger partial charge on any atom is 0.330 e. The van der Waals surface area contributed by atoms with Gasteiger partial charge in [-0.05, 0) is 92.0 Å². The van der Waals surface area contributed by atoms with E-state index in [2.05, 4.69) is 6.58 Å². The Morgan fingerprint density at radius 1 is 0.921 bits per heavy atom. The summed E-state index contributed by atoms with van der Waals surface area (Å²) in [6.45, 7) is 4.01. The molecule has 0 aromatic heterocycles. The Labute approximate surface area is 227 Å². The van der Waals surface area contributed by atoms with Crippen molar-refractivity contribution in [2.75, 3.05) is 18.1 Å². The number of benzene rings is 2. The van der Waals surface area contributed by atoms with E-state index in [0.717, 1.165) is 49.1 Å². The van der Waals surface area contributed by atoms with Crippen molar-refractivity contribution in [3.63, 3.8) is 0 Å². The number of hydrogen-bond acceptors (Lipinski definition) is 6. The molecule has 0 spiro atoms. The molecule has 1 saturated carbocycles. The highest BCUT2D eigenvalue weighted by Crippen LogP contribution is 2.33. The first-order chi connectivity index (χ1) is 18.4. The van der Waals surface area contributed by atoms with Crippen molar-refractivity contribution in [1.82, 2.24) is 0 Å². The van der Waals surface area contributed by atoms with Crippen LogP contribution in [0.3, 0.4) is 0 Å². The Morgan fingerprint density at radius 3 is 2.29 bits per heavy atom. The Balaban J connectivity index is 1.33. The SMILES string of the molecule is C=CCCCCCCC1CCC(C(=O)Oc2ccc(/C=C/C(=O)OCCc3cc(N)cc(N)c3)cc2)CC1. The molecule has 0 atom stereocenters. The zero-order chi connectivity index (χ0) is 27.2. The van der Waals surface area contributed by atoms with Crippen molar-refractivity contribution in [2.45, 2.75) is 70.6 Å². The van der Waals surface area contributed by atoms with Gasteiger partial charge in [-0.15, -0.1) is 6.58 Å². The van der Waals surface area contributed by atoms with E-state index in [9.17, 15) is 9.59 Å². The van der Waals surface area contributed by atoms with Gasteiger partial charge in [0.2, 0.25) is 0 Å². The van der Waals surface area contributed by atoms with Crippen LogP contribution in [0.4, 0.5) is 11.4 Å². The monoisotopic (exact) mass is 518 g/mol. The van der Waals surface area contributed by atoms with Gasteiger partial charge in [0.25, 0.3) is 0 Å². The van der Waals surface area contributed by atoms with E-state index in [4.69, 9.17) is 20.9 Å². The number of ether oxygens (including phenoxy) is 2. The van der Waals surface area contributed by atoms with Crippen LogP contribution in [0.15, 0.2) is 61.2 Å². The molecule has 38 heavy (non-hydrogen) atoms. The molecule has 0 unspecified atom stereocenters. The lowest BCUT2D eigenvalue weighted by atomic mass is 9.80. The number of unbranched alkanes of at least 4 members (excludes halogenated alkanes) is 4. The molecule has 0 heterocycles. The smallest absolute Gasteiger partial charge is 0.330 e. The summed E-state index contributed by atoms with van der Waals surface area (Å²) < 4.78 is 10.9. The van der Waals surface area contributed by atoms with Crippen molar-refractivity contribution in [3.8, 4) is 5.75 Å². The van der Waals surface area contributed by atoms with Gasteiger partial charge in [0.05, 0.1) is 12.5 Å². The number of carbonyl (C=O) groups is 2. The molecule has 0 bridgehead atoms. The molecule has 0 radical (unpaired) electrons. The quantitative estimate of drug-likeness (QED) is 0.0705. The van der Waals surface area contributed by atoms with Gasteiger partial charge in [0, 0.05) is 23.9 Å². The zero-order valence-corrected chi connectivity index (χ0v) is 22.4. The normalized spacial score (nSPS) is 17.3. The second-order valence-electron chi connectivity index (χ2n) is 10.2. The fourth-order valence-electron chi connectivity index (χ4n) is 4.98. The molecule has 1 fully saturated rings. The molecule has 1 aliphatic rings. The Bertz CT molecular complexity index is 1050. The summed E-state index contributed by atoms with van der Waals surface area (Å²) in [6.07, 6.45) is 17.1. The fourth-order valence-corrected chi connectivity index (χ4v) is 4.98. The summed E-state index contributed by atoms with van der Waals surface area (Å²) in [5, 5.41) is 0. The van der Waals surface area contributed by atoms with E-state index in [-0.39, 0.29) is 18.5 Å². The van der Waals surface area contributed by atoms with E-state index in [0.29, 0.717) is 23.5 Å². The van der Waals surface area contributed by atoms with Crippen LogP contribution < -0.4 is 16.2 Å². The van der Waals surface area contributed by atoms with E-state index < -0.39 is 5.97 Å². The average molecular weight is 519 g/mol. The molecular weight excluding hydrogens is 476 g/mol. The van der Waals surface area contributed by atoms with Crippen molar-refractivity contribution in [3.05, 3.63) is 72.3 Å². The van der Waals surface area contributed by atoms with Crippen LogP contribution in [0.2, 0.25) is 0 Å². The average Bonchev–Trinajstić information content (AvgIpc) is 2.90. The van der Waals surface area contributed by atoms with Crippen LogP contribution in [0.1, 0.15) is 75.3 Å². The van der Waals surface area contributed by atoms with Crippen LogP contribution in [0, 0.1) is 11.8 Å². The number of nitrogens with two attached hydrogens (primary N) is 2. The van der Waals surface area contributed by atoms with Crippen LogP contribution in [0.25, 0.3) is 6.08 Å². The Hall–Kier alpha value is -3.54. The molecule has 1 aliphatic carbocycles. The van der Waals surface area contributed by atoms with Crippen molar-refractivity contribution in [1.29, 1.82) is 0 Å². The van der Waals surface area contributed by atoms with E-state index in [1.807, 2.05) is 30.3 Å². The second kappa shape index (κ2) is 15.7. The molecule has 0 saturated heterocycles. The third-order valence-corrected chi connectivity index (χ3v) is 7.13. The molecule has 0 amide bonds. The van der Waals surface area contributed by atoms with E-state index in [1.54, 1.807) is 24.3 Å². The van der Waals surface area contributed by atoms with Gasteiger partial charge in [-0.3, -0.25) is 4.79 Å². The first-order valence-corrected chi connectivity index (χ1v) is 13.9. The highest BCUT2D eigenvalue weighted by Gasteiger charge is 2.27. The molecule has 6 heteroatoms. The number of hydrogen-bond donors (Lipinski definition) is 2. The number of esters is 2. The minimum Gasteiger partial charge on any atom is -0.462 e. The number of rotatable bonds is 14. The van der Waals surface area contributed by atoms with Crippen LogP contribution >= 0.6 is 0 Å². The second-order valence-corrected chi connectivity index (χ2v) is 10.2. The van der Waals surface area contributed by atoms with Gasteiger partial charge in [-0.2, -0.15) is 0 Å². The van der Waals surface area contributed by atoms with E-state index >= 15 is 0 Å². The summed E-state index contributed by atoms with van der Waals surface area (Å²) in [5.41, 5.74) is 14.5. The standard InChI is InChI=1S/C32H42N2O4/c1-2-3-4-5-6-7-8-24-9-14-27(15-10-24)32(36)38-30-16-11-25(12-17-30)13-18-31(35)37-20-19-26-21-28(33)23-29(34)22-26/h2,11-13,16-18,21-24,27H,1,3-10,14-15,19-20,33-34H2/b18-13+. The first kappa shape index (κ1) is 29.0. The molecule has 3 rings (SSSR count).